The molecule has 0 N–H and O–H groups in total. The first-order chi connectivity index (χ1) is 13.4. The molecule has 2 amide bonds. The Hall–Kier alpha value is -2.05. The Balaban J connectivity index is 1.86. The molecule has 7 nitrogen and oxygen atoms in total. The highest BCUT2D eigenvalue weighted by atomic mass is 33.1. The first kappa shape index (κ1) is 19.3. The number of amides is 2. The van der Waals surface area contributed by atoms with Gasteiger partial charge < -0.3 is 19.3 Å². The second kappa shape index (κ2) is 6.78. The van der Waals surface area contributed by atoms with Crippen LogP contribution in [0.2, 0.25) is 0 Å². The quantitative estimate of drug-likeness (QED) is 0.677. The minimum absolute atomic E-state index is 0.111. The van der Waals surface area contributed by atoms with E-state index in [1.54, 1.807) is 18.9 Å². The smallest absolute Gasteiger partial charge is 0.261 e. The second-order valence-electron chi connectivity index (χ2n) is 7.14. The van der Waals surface area contributed by atoms with Crippen LogP contribution in [0.5, 0.6) is 11.5 Å². The van der Waals surface area contributed by atoms with Gasteiger partial charge in [-0.25, -0.2) is 0 Å². The Morgan fingerprint density at radius 2 is 2.07 bits per heavy atom. The average Bonchev–Trinajstić information content (AvgIpc) is 3.18. The molecule has 0 spiro atoms. The number of carbonyl (C=O) groups is 2. The first-order valence-electron chi connectivity index (χ1n) is 9.15. The van der Waals surface area contributed by atoms with Gasteiger partial charge in [-0.1, -0.05) is 40.6 Å². The van der Waals surface area contributed by atoms with Crippen LogP contribution in [-0.2, 0) is 9.59 Å². The highest BCUT2D eigenvalue weighted by Gasteiger charge is 2.67. The van der Waals surface area contributed by atoms with E-state index in [1.807, 2.05) is 25.1 Å². The minimum atomic E-state index is -1.10. The van der Waals surface area contributed by atoms with E-state index in [2.05, 4.69) is 6.07 Å². The summed E-state index contributed by atoms with van der Waals surface area (Å²) in [7, 11) is 4.47. The number of nitrogens with zero attached hydrogens (tertiary/aromatic N) is 3. The lowest BCUT2D eigenvalue weighted by Crippen LogP contribution is -2.75. The van der Waals surface area contributed by atoms with Gasteiger partial charge in [-0.2, -0.15) is 5.26 Å². The van der Waals surface area contributed by atoms with Gasteiger partial charge in [0.2, 0.25) is 6.79 Å². The van der Waals surface area contributed by atoms with Gasteiger partial charge >= 0.3 is 0 Å². The van der Waals surface area contributed by atoms with Crippen molar-refractivity contribution in [3.63, 3.8) is 0 Å². The average molecular weight is 420 g/mol. The molecule has 0 aromatic heterocycles. The van der Waals surface area contributed by atoms with Crippen LogP contribution >= 0.6 is 21.6 Å². The number of hydrogen-bond acceptors (Lipinski definition) is 7. The molecule has 9 heteroatoms. The Morgan fingerprint density at radius 3 is 2.79 bits per heavy atom. The van der Waals surface area contributed by atoms with Crippen LogP contribution in [0.3, 0.4) is 0 Å². The van der Waals surface area contributed by atoms with Crippen LogP contribution < -0.4 is 9.47 Å². The number of hydrogen-bond donors (Lipinski definition) is 0. The molecule has 28 heavy (non-hydrogen) atoms. The zero-order valence-corrected chi connectivity index (χ0v) is 17.6. The molecule has 1 aromatic carbocycles. The summed E-state index contributed by atoms with van der Waals surface area (Å²) < 4.78 is 11.2. The topological polar surface area (TPSA) is 82.9 Å². The van der Waals surface area contributed by atoms with Crippen LogP contribution in [0.25, 0.3) is 0 Å². The second-order valence-corrected chi connectivity index (χ2v) is 9.94. The molecule has 148 valence electrons. The molecule has 4 aliphatic rings. The fraction of sp³-hybridized carbons (Fsp3) is 0.526. The number of carbonyl (C=O) groups excluding carboxylic acids is 2. The Bertz CT molecular complexity index is 888. The van der Waals surface area contributed by atoms with E-state index in [0.717, 1.165) is 5.56 Å². The number of para-hydroxylation sites is 1. The lowest BCUT2D eigenvalue weighted by atomic mass is 9.93. The van der Waals surface area contributed by atoms with E-state index in [4.69, 9.17) is 9.47 Å². The van der Waals surface area contributed by atoms with Gasteiger partial charge in [0, 0.05) is 25.5 Å². The third kappa shape index (κ3) is 2.44. The molecule has 0 aliphatic carbocycles. The molecule has 4 aliphatic heterocycles. The third-order valence-electron chi connectivity index (χ3n) is 5.69. The monoisotopic (exact) mass is 419 g/mol. The number of nitriles is 1. The van der Waals surface area contributed by atoms with Crippen molar-refractivity contribution >= 4 is 33.4 Å². The van der Waals surface area contributed by atoms with E-state index in [0.29, 0.717) is 17.9 Å². The molecule has 1 aromatic rings. The van der Waals surface area contributed by atoms with E-state index < -0.39 is 9.74 Å². The first-order valence-corrected chi connectivity index (χ1v) is 11.3. The molecular formula is C19H21N3O4S2. The normalized spacial score (nSPS) is 29.2. The summed E-state index contributed by atoms with van der Waals surface area (Å²) >= 11 is 0. The van der Waals surface area contributed by atoms with E-state index >= 15 is 0 Å². The SMILES string of the molecule is CC[C@H](c1cccc2c1OCO2)N1C(=O)C2(C)SSC1(CCC#N)C(=O)N2C. The van der Waals surface area contributed by atoms with Crippen LogP contribution in [0.4, 0.5) is 0 Å². The summed E-state index contributed by atoms with van der Waals surface area (Å²) in [6, 6.07) is 7.41. The third-order valence-corrected chi connectivity index (χ3v) is 9.44. The molecular weight excluding hydrogens is 398 g/mol. The van der Waals surface area contributed by atoms with Gasteiger partial charge in [-0.05, 0) is 19.4 Å². The minimum Gasteiger partial charge on any atom is -0.454 e. The summed E-state index contributed by atoms with van der Waals surface area (Å²) in [5.74, 6) is 1.03. The molecule has 0 radical (unpaired) electrons. The van der Waals surface area contributed by atoms with Crippen molar-refractivity contribution in [1.29, 1.82) is 5.26 Å². The van der Waals surface area contributed by atoms with Crippen molar-refractivity contribution in [2.75, 3.05) is 13.8 Å². The molecule has 3 saturated heterocycles. The Morgan fingerprint density at radius 1 is 1.29 bits per heavy atom. The highest BCUT2D eigenvalue weighted by molar-refractivity contribution is 8.78. The maximum absolute atomic E-state index is 13.6. The maximum atomic E-state index is 13.6. The van der Waals surface area contributed by atoms with Crippen molar-refractivity contribution in [2.24, 2.45) is 0 Å². The lowest BCUT2D eigenvalue weighted by molar-refractivity contribution is -0.168. The fourth-order valence-electron chi connectivity index (χ4n) is 4.05. The largest absolute Gasteiger partial charge is 0.454 e. The van der Waals surface area contributed by atoms with Gasteiger partial charge in [-0.3, -0.25) is 9.59 Å². The van der Waals surface area contributed by atoms with Gasteiger partial charge in [0.25, 0.3) is 11.8 Å². The predicted molar refractivity (Wildman–Crippen MR) is 106 cm³/mol. The maximum Gasteiger partial charge on any atom is 0.261 e. The van der Waals surface area contributed by atoms with E-state index in [9.17, 15) is 14.9 Å². The molecule has 2 bridgehead atoms. The van der Waals surface area contributed by atoms with Crippen molar-refractivity contribution in [1.82, 2.24) is 9.80 Å². The van der Waals surface area contributed by atoms with Crippen LogP contribution in [0.1, 0.15) is 44.7 Å². The van der Waals surface area contributed by atoms with Crippen molar-refractivity contribution < 1.29 is 19.1 Å². The van der Waals surface area contributed by atoms with Crippen LogP contribution in [-0.4, -0.2) is 45.2 Å². The van der Waals surface area contributed by atoms with Gasteiger partial charge in [0.1, 0.15) is 0 Å². The molecule has 2 unspecified atom stereocenters. The van der Waals surface area contributed by atoms with Gasteiger partial charge in [0.05, 0.1) is 12.1 Å². The lowest BCUT2D eigenvalue weighted by Gasteiger charge is -2.60. The number of likely N-dealkylation sites (N-methyl/N-ethyl adjacent to an activating group) is 1. The Kier molecular flexibility index (Phi) is 4.67. The van der Waals surface area contributed by atoms with Crippen molar-refractivity contribution in [3.05, 3.63) is 23.8 Å². The standard InChI is InChI=1S/C19H21N3O4S2/c1-4-13(12-7-5-8-14-15(12)26-11-25-14)22-16(23)18(2)21(3)17(24)19(22,28-27-18)9-6-10-20/h5,7-8,13H,4,6,9,11H2,1-3H3/t13-,18?,19?/m1/s1. The summed E-state index contributed by atoms with van der Waals surface area (Å²) in [5, 5.41) is 9.18. The fourth-order valence-corrected chi connectivity index (χ4v) is 7.55. The number of benzene rings is 1. The zero-order chi connectivity index (χ0) is 20.1. The molecule has 4 heterocycles. The molecule has 3 fully saturated rings. The Labute approximate surface area is 171 Å². The highest BCUT2D eigenvalue weighted by Crippen LogP contribution is 2.62. The predicted octanol–water partition coefficient (Wildman–Crippen LogP) is 3.28. The molecule has 3 atom stereocenters. The van der Waals surface area contributed by atoms with Gasteiger partial charge in [-0.15, -0.1) is 0 Å². The number of piperazine rings is 1. The summed E-state index contributed by atoms with van der Waals surface area (Å²) in [5.41, 5.74) is 0.833. The number of fused-ring (bicyclic) bond motifs is 4. The van der Waals surface area contributed by atoms with Crippen molar-refractivity contribution in [3.8, 4) is 17.6 Å². The van der Waals surface area contributed by atoms with Gasteiger partial charge in [0.15, 0.2) is 21.2 Å². The van der Waals surface area contributed by atoms with Crippen molar-refractivity contribution in [2.45, 2.75) is 48.9 Å². The summed E-state index contributed by atoms with van der Waals surface area (Å²) in [6.07, 6.45) is 1.09. The van der Waals surface area contributed by atoms with Crippen LogP contribution in [0.15, 0.2) is 18.2 Å². The number of ether oxygens (including phenoxy) is 2. The van der Waals surface area contributed by atoms with Crippen LogP contribution in [0, 0.1) is 11.3 Å². The van der Waals surface area contributed by atoms with E-state index in [-0.39, 0.29) is 37.5 Å². The zero-order valence-electron chi connectivity index (χ0n) is 15.9. The summed E-state index contributed by atoms with van der Waals surface area (Å²) in [4.78, 5) is 28.2. The van der Waals surface area contributed by atoms with E-state index in [1.165, 1.54) is 26.5 Å². The summed E-state index contributed by atoms with van der Waals surface area (Å²) in [6.45, 7) is 3.91. The number of rotatable bonds is 5. The molecule has 0 saturated carbocycles. The molecule has 5 rings (SSSR count).